The number of benzene rings is 2. The lowest BCUT2D eigenvalue weighted by Gasteiger charge is -2.18. The first-order chi connectivity index (χ1) is 14.1. The minimum absolute atomic E-state index is 0.0706. The Morgan fingerprint density at radius 1 is 1.03 bits per heavy atom. The smallest absolute Gasteiger partial charge is 0.251 e. The van der Waals surface area contributed by atoms with Crippen molar-refractivity contribution in [1.29, 1.82) is 0 Å². The van der Waals surface area contributed by atoms with E-state index >= 15 is 0 Å². The first-order valence-electron chi connectivity index (χ1n) is 10.7. The molecule has 1 aliphatic heterocycles. The normalized spacial score (nSPS) is 13.9. The minimum Gasteiger partial charge on any atom is -0.348 e. The molecular weight excluding hydrogens is 362 g/mol. The fraction of sp³-hybridized carbons (Fsp3) is 0.417. The Labute approximate surface area is 173 Å². The van der Waals surface area contributed by atoms with Gasteiger partial charge in [0.1, 0.15) is 6.54 Å². The van der Waals surface area contributed by atoms with Crippen LogP contribution in [0.3, 0.4) is 0 Å². The number of likely N-dealkylation sites (tertiary alicyclic amines) is 1. The molecule has 3 rings (SSSR count). The Morgan fingerprint density at radius 3 is 2.34 bits per heavy atom. The van der Waals surface area contributed by atoms with E-state index in [4.69, 9.17) is 0 Å². The number of carbonyl (C=O) groups is 2. The SMILES string of the molecule is CC[NH+](CC)Cc1ccccc1CNC(=O)c1ccc(CN2CCCC2=O)cc1. The molecule has 5 nitrogen and oxygen atoms in total. The number of hydrogen-bond acceptors (Lipinski definition) is 2. The van der Waals surface area contributed by atoms with E-state index in [2.05, 4.69) is 37.4 Å². The van der Waals surface area contributed by atoms with E-state index in [1.165, 1.54) is 16.0 Å². The Balaban J connectivity index is 1.57. The fourth-order valence-electron chi connectivity index (χ4n) is 3.80. The van der Waals surface area contributed by atoms with Crippen molar-refractivity contribution in [3.8, 4) is 0 Å². The molecule has 2 N–H and O–H groups in total. The number of amides is 2. The molecule has 0 unspecified atom stereocenters. The number of quaternary nitrogens is 1. The van der Waals surface area contributed by atoms with E-state index < -0.39 is 0 Å². The van der Waals surface area contributed by atoms with Crippen LogP contribution in [0.1, 0.15) is 53.7 Å². The second-order valence-corrected chi connectivity index (χ2v) is 7.70. The van der Waals surface area contributed by atoms with Gasteiger partial charge in [-0.25, -0.2) is 0 Å². The van der Waals surface area contributed by atoms with Gasteiger partial charge in [0.15, 0.2) is 0 Å². The molecule has 1 fully saturated rings. The van der Waals surface area contributed by atoms with Crippen LogP contribution in [-0.4, -0.2) is 36.3 Å². The van der Waals surface area contributed by atoms with Crippen LogP contribution in [0.4, 0.5) is 0 Å². The number of nitrogens with zero attached hydrogens (tertiary/aromatic N) is 1. The van der Waals surface area contributed by atoms with Crippen molar-refractivity contribution in [3.63, 3.8) is 0 Å². The second-order valence-electron chi connectivity index (χ2n) is 7.70. The molecule has 0 bridgehead atoms. The molecule has 2 amide bonds. The molecule has 29 heavy (non-hydrogen) atoms. The molecule has 2 aromatic rings. The van der Waals surface area contributed by atoms with E-state index in [1.807, 2.05) is 35.2 Å². The first kappa shape index (κ1) is 21.1. The predicted octanol–water partition coefficient (Wildman–Crippen LogP) is 2.16. The van der Waals surface area contributed by atoms with Gasteiger partial charge in [-0.2, -0.15) is 0 Å². The van der Waals surface area contributed by atoms with Gasteiger partial charge in [0.25, 0.3) is 5.91 Å². The monoisotopic (exact) mass is 394 g/mol. The highest BCUT2D eigenvalue weighted by Crippen LogP contribution is 2.15. The summed E-state index contributed by atoms with van der Waals surface area (Å²) in [7, 11) is 0. The highest BCUT2D eigenvalue weighted by atomic mass is 16.2. The summed E-state index contributed by atoms with van der Waals surface area (Å²) in [6.45, 7) is 9.54. The zero-order chi connectivity index (χ0) is 20.6. The maximum absolute atomic E-state index is 12.6. The van der Waals surface area contributed by atoms with Gasteiger partial charge in [-0.15, -0.1) is 0 Å². The zero-order valence-corrected chi connectivity index (χ0v) is 17.5. The zero-order valence-electron chi connectivity index (χ0n) is 17.5. The maximum Gasteiger partial charge on any atom is 0.251 e. The fourth-order valence-corrected chi connectivity index (χ4v) is 3.80. The molecule has 154 valence electrons. The van der Waals surface area contributed by atoms with E-state index in [9.17, 15) is 9.59 Å². The Hall–Kier alpha value is -2.66. The Bertz CT molecular complexity index is 828. The van der Waals surface area contributed by atoms with Crippen molar-refractivity contribution < 1.29 is 14.5 Å². The molecule has 0 aliphatic carbocycles. The van der Waals surface area contributed by atoms with Crippen molar-refractivity contribution >= 4 is 11.8 Å². The molecular formula is C24H32N3O2+. The lowest BCUT2D eigenvalue weighted by molar-refractivity contribution is -0.910. The summed E-state index contributed by atoms with van der Waals surface area (Å²) in [6, 6.07) is 15.9. The van der Waals surface area contributed by atoms with Crippen molar-refractivity contribution in [2.75, 3.05) is 19.6 Å². The van der Waals surface area contributed by atoms with Gasteiger partial charge in [0, 0.05) is 37.2 Å². The van der Waals surface area contributed by atoms with Crippen LogP contribution in [0, 0.1) is 0 Å². The summed E-state index contributed by atoms with van der Waals surface area (Å²) in [5.41, 5.74) is 4.17. The highest BCUT2D eigenvalue weighted by Gasteiger charge is 2.20. The van der Waals surface area contributed by atoms with E-state index in [-0.39, 0.29) is 11.8 Å². The summed E-state index contributed by atoms with van der Waals surface area (Å²) < 4.78 is 0. The molecule has 2 aromatic carbocycles. The molecule has 1 heterocycles. The summed E-state index contributed by atoms with van der Waals surface area (Å²) in [5.74, 6) is 0.149. The van der Waals surface area contributed by atoms with Crippen LogP contribution in [0.5, 0.6) is 0 Å². The van der Waals surface area contributed by atoms with E-state index in [0.29, 0.717) is 25.1 Å². The molecule has 0 radical (unpaired) electrons. The average Bonchev–Trinajstić information content (AvgIpc) is 3.15. The third-order valence-corrected chi connectivity index (χ3v) is 5.76. The van der Waals surface area contributed by atoms with E-state index in [1.54, 1.807) is 0 Å². The highest BCUT2D eigenvalue weighted by molar-refractivity contribution is 5.94. The summed E-state index contributed by atoms with van der Waals surface area (Å²) >= 11 is 0. The third kappa shape index (κ3) is 5.67. The van der Waals surface area contributed by atoms with Crippen molar-refractivity contribution in [3.05, 3.63) is 70.8 Å². The molecule has 0 saturated carbocycles. The number of rotatable bonds is 9. The molecule has 1 saturated heterocycles. The van der Waals surface area contributed by atoms with Crippen LogP contribution in [0.2, 0.25) is 0 Å². The van der Waals surface area contributed by atoms with Gasteiger partial charge in [0.2, 0.25) is 5.91 Å². The summed E-state index contributed by atoms with van der Waals surface area (Å²) in [5, 5.41) is 3.05. The first-order valence-corrected chi connectivity index (χ1v) is 10.7. The van der Waals surface area contributed by atoms with Crippen LogP contribution in [-0.2, 0) is 24.4 Å². The number of hydrogen-bond donors (Lipinski definition) is 2. The van der Waals surface area contributed by atoms with Crippen LogP contribution >= 0.6 is 0 Å². The van der Waals surface area contributed by atoms with Gasteiger partial charge < -0.3 is 15.1 Å². The largest absolute Gasteiger partial charge is 0.348 e. The van der Waals surface area contributed by atoms with Gasteiger partial charge in [-0.3, -0.25) is 9.59 Å². The summed E-state index contributed by atoms with van der Waals surface area (Å²) in [4.78, 5) is 27.8. The quantitative estimate of drug-likeness (QED) is 0.685. The minimum atomic E-state index is -0.0706. The molecule has 1 aliphatic rings. The maximum atomic E-state index is 12.6. The third-order valence-electron chi connectivity index (χ3n) is 5.76. The molecule has 5 heteroatoms. The van der Waals surface area contributed by atoms with Gasteiger partial charge in [0.05, 0.1) is 13.1 Å². The van der Waals surface area contributed by atoms with Gasteiger partial charge in [-0.05, 0) is 43.5 Å². The average molecular weight is 395 g/mol. The number of carbonyl (C=O) groups excluding carboxylic acids is 2. The Kier molecular flexibility index (Phi) is 7.42. The summed E-state index contributed by atoms with van der Waals surface area (Å²) in [6.07, 6.45) is 1.59. The van der Waals surface area contributed by atoms with Crippen molar-refractivity contribution in [1.82, 2.24) is 10.2 Å². The lowest BCUT2D eigenvalue weighted by Crippen LogP contribution is -3.10. The predicted molar refractivity (Wildman–Crippen MR) is 114 cm³/mol. The molecule has 0 aromatic heterocycles. The van der Waals surface area contributed by atoms with E-state index in [0.717, 1.165) is 38.2 Å². The van der Waals surface area contributed by atoms with Crippen LogP contribution in [0.15, 0.2) is 48.5 Å². The second kappa shape index (κ2) is 10.2. The van der Waals surface area contributed by atoms with Crippen LogP contribution in [0.25, 0.3) is 0 Å². The van der Waals surface area contributed by atoms with Crippen molar-refractivity contribution in [2.24, 2.45) is 0 Å². The molecule has 0 spiro atoms. The topological polar surface area (TPSA) is 53.9 Å². The van der Waals surface area contributed by atoms with Crippen LogP contribution < -0.4 is 10.2 Å². The molecule has 0 atom stereocenters. The van der Waals surface area contributed by atoms with Crippen molar-refractivity contribution in [2.45, 2.75) is 46.3 Å². The standard InChI is InChI=1S/C24H31N3O2/c1-3-26(4-2)18-22-9-6-5-8-21(22)16-25-24(29)20-13-11-19(12-14-20)17-27-15-7-10-23(27)28/h5-6,8-9,11-14H,3-4,7,10,15-18H2,1-2H3,(H,25,29)/p+1. The van der Waals surface area contributed by atoms with Gasteiger partial charge >= 0.3 is 0 Å². The lowest BCUT2D eigenvalue weighted by atomic mass is 10.1. The Morgan fingerprint density at radius 2 is 1.72 bits per heavy atom. The number of nitrogens with one attached hydrogen (secondary N) is 2. The van der Waals surface area contributed by atoms with Gasteiger partial charge in [-0.1, -0.05) is 36.4 Å².